The van der Waals surface area contributed by atoms with Crippen LogP contribution in [0.2, 0.25) is 0 Å². The summed E-state index contributed by atoms with van der Waals surface area (Å²) in [7, 11) is 0. The molecule has 0 unspecified atom stereocenters. The first-order chi connectivity index (χ1) is 8.40. The first-order valence-corrected chi connectivity index (χ1v) is 5.06. The number of hydrogen-bond acceptors (Lipinski definition) is 2. The summed E-state index contributed by atoms with van der Waals surface area (Å²) in [6, 6.07) is 0.849. The number of rotatable bonds is 5. The van der Waals surface area contributed by atoms with E-state index in [4.69, 9.17) is 5.11 Å². The number of nitrogens with one attached hydrogen (secondary N) is 1. The molecule has 7 heteroatoms. The molecule has 2 N–H and O–H groups in total. The number of anilines is 1. The zero-order valence-electron chi connectivity index (χ0n) is 9.17. The van der Waals surface area contributed by atoms with Crippen molar-refractivity contribution in [1.29, 1.82) is 0 Å². The van der Waals surface area contributed by atoms with E-state index in [0.29, 0.717) is 12.1 Å². The molecule has 1 rings (SSSR count). The van der Waals surface area contributed by atoms with Gasteiger partial charge in [0, 0.05) is 25.0 Å². The maximum atomic E-state index is 13.1. The van der Waals surface area contributed by atoms with Gasteiger partial charge < -0.3 is 10.4 Å². The Labute approximate surface area is 100 Å². The van der Waals surface area contributed by atoms with E-state index in [1.165, 1.54) is 0 Å². The Kier molecular flexibility index (Phi) is 4.70. The van der Waals surface area contributed by atoms with Crippen LogP contribution in [0.4, 0.5) is 18.9 Å². The molecule has 0 aliphatic heterocycles. The van der Waals surface area contributed by atoms with E-state index in [1.54, 1.807) is 0 Å². The first kappa shape index (κ1) is 14.0. The van der Waals surface area contributed by atoms with Gasteiger partial charge in [0.25, 0.3) is 0 Å². The molecule has 98 valence electrons. The van der Waals surface area contributed by atoms with E-state index in [1.807, 2.05) is 5.32 Å². The van der Waals surface area contributed by atoms with Gasteiger partial charge in [-0.2, -0.15) is 0 Å². The third kappa shape index (κ3) is 4.08. The molecule has 1 aromatic rings. The van der Waals surface area contributed by atoms with Crippen molar-refractivity contribution in [3.8, 4) is 0 Å². The smallest absolute Gasteiger partial charge is 0.303 e. The number of amides is 1. The molecule has 0 aliphatic carbocycles. The largest absolute Gasteiger partial charge is 0.481 e. The van der Waals surface area contributed by atoms with Gasteiger partial charge in [0.1, 0.15) is 5.82 Å². The van der Waals surface area contributed by atoms with Crippen LogP contribution in [0.25, 0.3) is 0 Å². The topological polar surface area (TPSA) is 66.4 Å². The number of hydrogen-bond donors (Lipinski definition) is 2. The summed E-state index contributed by atoms with van der Waals surface area (Å²) in [6.07, 6.45) is -0.273. The quantitative estimate of drug-likeness (QED) is 0.799. The minimum atomic E-state index is -1.35. The number of halogens is 3. The molecule has 1 amide bonds. The molecular formula is C11H10F3NO3. The monoisotopic (exact) mass is 261 g/mol. The third-order valence-electron chi connectivity index (χ3n) is 2.08. The number of carbonyl (C=O) groups is 2. The Morgan fingerprint density at radius 1 is 1.06 bits per heavy atom. The number of carboxylic acids is 1. The van der Waals surface area contributed by atoms with E-state index in [9.17, 15) is 22.8 Å². The van der Waals surface area contributed by atoms with Gasteiger partial charge >= 0.3 is 5.97 Å². The van der Waals surface area contributed by atoms with Crippen LogP contribution < -0.4 is 5.32 Å². The van der Waals surface area contributed by atoms with Crippen LogP contribution in [0.5, 0.6) is 0 Å². The molecule has 1 aromatic carbocycles. The first-order valence-electron chi connectivity index (χ1n) is 5.06. The van der Waals surface area contributed by atoms with Gasteiger partial charge in [-0.1, -0.05) is 0 Å². The van der Waals surface area contributed by atoms with Gasteiger partial charge in [-0.15, -0.1) is 0 Å². The summed E-state index contributed by atoms with van der Waals surface area (Å²) in [4.78, 5) is 21.4. The van der Waals surface area contributed by atoms with Crippen LogP contribution in [0.3, 0.4) is 0 Å². The van der Waals surface area contributed by atoms with Gasteiger partial charge in [-0.05, 0) is 6.42 Å². The Balaban J connectivity index is 2.59. The molecule has 0 atom stereocenters. The molecule has 0 saturated heterocycles. The standard InChI is InChI=1S/C11H10F3NO3/c12-6-4-8(14)9(5-7(6)13)15-10(16)2-1-3-11(17)18/h4-5H,1-3H2,(H,15,16)(H,17,18). The van der Waals surface area contributed by atoms with Crippen LogP contribution in [-0.2, 0) is 9.59 Å². The third-order valence-corrected chi connectivity index (χ3v) is 2.08. The van der Waals surface area contributed by atoms with Crippen molar-refractivity contribution in [2.45, 2.75) is 19.3 Å². The molecule has 0 aliphatic rings. The molecule has 0 heterocycles. The van der Waals surface area contributed by atoms with Crippen LogP contribution in [-0.4, -0.2) is 17.0 Å². The van der Waals surface area contributed by atoms with Crippen molar-refractivity contribution in [2.24, 2.45) is 0 Å². The lowest BCUT2D eigenvalue weighted by Gasteiger charge is -2.06. The molecule has 0 bridgehead atoms. The number of carbonyl (C=O) groups excluding carboxylic acids is 1. The zero-order valence-corrected chi connectivity index (χ0v) is 9.17. The van der Waals surface area contributed by atoms with Gasteiger partial charge in [0.2, 0.25) is 5.91 Å². The van der Waals surface area contributed by atoms with Crippen molar-refractivity contribution in [3.63, 3.8) is 0 Å². The van der Waals surface area contributed by atoms with Crippen molar-refractivity contribution in [3.05, 3.63) is 29.6 Å². The number of benzene rings is 1. The second-order valence-electron chi connectivity index (χ2n) is 3.54. The lowest BCUT2D eigenvalue weighted by atomic mass is 10.2. The number of carboxylic acid groups (broad SMARTS) is 1. The fourth-order valence-electron chi connectivity index (χ4n) is 1.23. The Morgan fingerprint density at radius 2 is 1.67 bits per heavy atom. The molecule has 18 heavy (non-hydrogen) atoms. The maximum Gasteiger partial charge on any atom is 0.303 e. The summed E-state index contributed by atoms with van der Waals surface area (Å²) in [6.45, 7) is 0. The average Bonchev–Trinajstić information content (AvgIpc) is 2.25. The SMILES string of the molecule is O=C(O)CCCC(=O)Nc1cc(F)c(F)cc1F. The summed E-state index contributed by atoms with van der Waals surface area (Å²) < 4.78 is 38.5. The van der Waals surface area contributed by atoms with E-state index in [-0.39, 0.29) is 19.3 Å². The van der Waals surface area contributed by atoms with Crippen LogP contribution in [0, 0.1) is 17.5 Å². The summed E-state index contributed by atoms with van der Waals surface area (Å²) >= 11 is 0. The predicted molar refractivity (Wildman–Crippen MR) is 56.4 cm³/mol. The fourth-order valence-corrected chi connectivity index (χ4v) is 1.23. The van der Waals surface area contributed by atoms with E-state index in [2.05, 4.69) is 0 Å². The van der Waals surface area contributed by atoms with Gasteiger partial charge in [-0.3, -0.25) is 9.59 Å². The Bertz CT molecular complexity index is 477. The van der Waals surface area contributed by atoms with E-state index < -0.39 is 35.0 Å². The summed E-state index contributed by atoms with van der Waals surface area (Å²) in [5, 5.41) is 10.4. The molecule has 0 aromatic heterocycles. The van der Waals surface area contributed by atoms with E-state index in [0.717, 1.165) is 0 Å². The van der Waals surface area contributed by atoms with Crippen molar-refractivity contribution in [2.75, 3.05) is 5.32 Å². The second kappa shape index (κ2) is 6.04. The van der Waals surface area contributed by atoms with Crippen molar-refractivity contribution in [1.82, 2.24) is 0 Å². The average molecular weight is 261 g/mol. The Morgan fingerprint density at radius 3 is 2.28 bits per heavy atom. The normalized spacial score (nSPS) is 10.2. The highest BCUT2D eigenvalue weighted by atomic mass is 19.2. The van der Waals surface area contributed by atoms with Crippen LogP contribution in [0.15, 0.2) is 12.1 Å². The minimum Gasteiger partial charge on any atom is -0.481 e. The maximum absolute atomic E-state index is 13.1. The Hall–Kier alpha value is -2.05. The molecule has 0 radical (unpaired) electrons. The molecule has 0 spiro atoms. The summed E-state index contributed by atoms with van der Waals surface area (Å²) in [5.74, 6) is -5.45. The van der Waals surface area contributed by atoms with Crippen LogP contribution in [0.1, 0.15) is 19.3 Å². The van der Waals surface area contributed by atoms with Gasteiger partial charge in [0.15, 0.2) is 11.6 Å². The number of aliphatic carboxylic acids is 1. The highest BCUT2D eigenvalue weighted by Gasteiger charge is 2.12. The minimum absolute atomic E-state index is 0.0759. The molecule has 4 nitrogen and oxygen atoms in total. The second-order valence-corrected chi connectivity index (χ2v) is 3.54. The fraction of sp³-hybridized carbons (Fsp3) is 0.273. The summed E-state index contributed by atoms with van der Waals surface area (Å²) in [5.41, 5.74) is -0.478. The van der Waals surface area contributed by atoms with Crippen LogP contribution >= 0.6 is 0 Å². The van der Waals surface area contributed by atoms with Gasteiger partial charge in [-0.25, -0.2) is 13.2 Å². The van der Waals surface area contributed by atoms with Crippen molar-refractivity contribution < 1.29 is 27.9 Å². The lowest BCUT2D eigenvalue weighted by molar-refractivity contribution is -0.137. The predicted octanol–water partition coefficient (Wildman–Crippen LogP) is 2.30. The zero-order chi connectivity index (χ0) is 13.7. The van der Waals surface area contributed by atoms with E-state index >= 15 is 0 Å². The highest BCUT2D eigenvalue weighted by Crippen LogP contribution is 2.18. The van der Waals surface area contributed by atoms with Crippen molar-refractivity contribution >= 4 is 17.6 Å². The lowest BCUT2D eigenvalue weighted by Crippen LogP contribution is -2.13. The molecule has 0 fully saturated rings. The highest BCUT2D eigenvalue weighted by molar-refractivity contribution is 5.91. The molecule has 0 saturated carbocycles. The van der Waals surface area contributed by atoms with Gasteiger partial charge in [0.05, 0.1) is 5.69 Å². The molecular weight excluding hydrogens is 251 g/mol.